The number of pyridine rings is 3. The zero-order valence-corrected chi connectivity index (χ0v) is 23.8. The van der Waals surface area contributed by atoms with E-state index >= 15 is 0 Å². The second-order valence-electron chi connectivity index (χ2n) is 11.3. The predicted molar refractivity (Wildman–Crippen MR) is 184 cm³/mol. The van der Waals surface area contributed by atoms with Crippen molar-refractivity contribution in [2.45, 2.75) is 0 Å². The van der Waals surface area contributed by atoms with E-state index in [9.17, 15) is 0 Å². The molecule has 9 rings (SSSR count). The maximum absolute atomic E-state index is 5.08. The second kappa shape index (κ2) is 9.82. The summed E-state index contributed by atoms with van der Waals surface area (Å²) in [5, 5.41) is 8.13. The van der Waals surface area contributed by atoms with Crippen LogP contribution in [0, 0.1) is 0 Å². The summed E-state index contributed by atoms with van der Waals surface area (Å²) in [7, 11) is 0. The maximum Gasteiger partial charge on any atom is 0.0894 e. The average Bonchev–Trinajstić information content (AvgIpc) is 3.10. The van der Waals surface area contributed by atoms with Crippen molar-refractivity contribution in [3.8, 4) is 33.8 Å². The van der Waals surface area contributed by atoms with Crippen molar-refractivity contribution in [3.63, 3.8) is 0 Å². The molecule has 0 unspecified atom stereocenters. The third kappa shape index (κ3) is 4.10. The van der Waals surface area contributed by atoms with Gasteiger partial charge in [0.2, 0.25) is 0 Å². The van der Waals surface area contributed by atoms with Gasteiger partial charge in [-0.1, -0.05) is 115 Å². The second-order valence-corrected chi connectivity index (χ2v) is 11.3. The zero-order valence-electron chi connectivity index (χ0n) is 23.8. The summed E-state index contributed by atoms with van der Waals surface area (Å²) in [6, 6.07) is 53.3. The van der Waals surface area contributed by atoms with Gasteiger partial charge in [-0.3, -0.25) is 0 Å². The van der Waals surface area contributed by atoms with Gasteiger partial charge >= 0.3 is 0 Å². The molecule has 0 aliphatic heterocycles. The number of nitrogens with zero attached hydrogens (tertiary/aromatic N) is 3. The lowest BCUT2D eigenvalue weighted by molar-refractivity contribution is 1.32. The fraction of sp³-hybridized carbons (Fsp3) is 0. The summed E-state index contributed by atoms with van der Waals surface area (Å²) < 4.78 is 0. The highest BCUT2D eigenvalue weighted by atomic mass is 14.8. The van der Waals surface area contributed by atoms with Crippen molar-refractivity contribution >= 4 is 54.3 Å². The lowest BCUT2D eigenvalue weighted by Gasteiger charge is -2.10. The summed E-state index contributed by atoms with van der Waals surface area (Å²) in [6.07, 6.45) is 0. The summed E-state index contributed by atoms with van der Waals surface area (Å²) in [5.74, 6) is 0. The normalized spacial score (nSPS) is 11.6. The number of benzene rings is 6. The van der Waals surface area contributed by atoms with E-state index < -0.39 is 0 Å². The monoisotopic (exact) mass is 559 g/mol. The molecule has 3 heteroatoms. The molecule has 0 spiro atoms. The Morgan fingerprint density at radius 2 is 0.909 bits per heavy atom. The number of aromatic nitrogens is 3. The van der Waals surface area contributed by atoms with Crippen molar-refractivity contribution in [2.75, 3.05) is 0 Å². The molecule has 6 aromatic carbocycles. The molecule has 3 nitrogen and oxygen atoms in total. The molecule has 0 aliphatic rings. The highest BCUT2D eigenvalue weighted by molar-refractivity contribution is 6.05. The lowest BCUT2D eigenvalue weighted by atomic mass is 9.99. The average molecular weight is 560 g/mol. The first-order valence-electron chi connectivity index (χ1n) is 14.9. The third-order valence-electron chi connectivity index (χ3n) is 8.63. The van der Waals surface area contributed by atoms with Crippen LogP contribution in [0.25, 0.3) is 88.0 Å². The summed E-state index contributed by atoms with van der Waals surface area (Å²) >= 11 is 0. The molecule has 0 saturated carbocycles. The van der Waals surface area contributed by atoms with Crippen LogP contribution in [0.3, 0.4) is 0 Å². The first-order chi connectivity index (χ1) is 21.8. The molecule has 3 aromatic heterocycles. The molecule has 9 aromatic rings. The molecule has 0 amide bonds. The number of fused-ring (bicyclic) bond motifs is 6. The molecule has 0 fully saturated rings. The molecule has 0 bridgehead atoms. The van der Waals surface area contributed by atoms with Crippen LogP contribution in [-0.4, -0.2) is 15.0 Å². The smallest absolute Gasteiger partial charge is 0.0894 e. The molecular weight excluding hydrogens is 534 g/mol. The molecule has 44 heavy (non-hydrogen) atoms. The molecular formula is C41H25N3. The van der Waals surface area contributed by atoms with Crippen LogP contribution in [0.2, 0.25) is 0 Å². The first kappa shape index (κ1) is 24.6. The topological polar surface area (TPSA) is 38.7 Å². The van der Waals surface area contributed by atoms with Gasteiger partial charge in [0.25, 0.3) is 0 Å². The minimum Gasteiger partial charge on any atom is -0.248 e. The van der Waals surface area contributed by atoms with E-state index in [1.807, 2.05) is 0 Å². The highest BCUT2D eigenvalue weighted by Crippen LogP contribution is 2.32. The van der Waals surface area contributed by atoms with Crippen molar-refractivity contribution < 1.29 is 0 Å². The van der Waals surface area contributed by atoms with Crippen LogP contribution in [0.1, 0.15) is 0 Å². The van der Waals surface area contributed by atoms with Gasteiger partial charge in [0.1, 0.15) is 0 Å². The minimum atomic E-state index is 0.869. The van der Waals surface area contributed by atoms with E-state index in [1.54, 1.807) is 0 Å². The number of hydrogen-bond donors (Lipinski definition) is 0. The Kier molecular flexibility index (Phi) is 5.50. The van der Waals surface area contributed by atoms with Gasteiger partial charge in [-0.15, -0.1) is 0 Å². The molecule has 204 valence electrons. The van der Waals surface area contributed by atoms with Crippen LogP contribution in [0.5, 0.6) is 0 Å². The third-order valence-corrected chi connectivity index (χ3v) is 8.63. The molecule has 0 radical (unpaired) electrons. The number of hydrogen-bond acceptors (Lipinski definition) is 3. The van der Waals surface area contributed by atoms with Crippen LogP contribution in [0.15, 0.2) is 152 Å². The minimum absolute atomic E-state index is 0.869. The fourth-order valence-corrected chi connectivity index (χ4v) is 6.34. The van der Waals surface area contributed by atoms with Crippen molar-refractivity contribution in [1.82, 2.24) is 15.0 Å². The van der Waals surface area contributed by atoms with Gasteiger partial charge in [0.05, 0.1) is 33.6 Å². The molecule has 0 aliphatic carbocycles. The van der Waals surface area contributed by atoms with Crippen molar-refractivity contribution in [2.24, 2.45) is 0 Å². The van der Waals surface area contributed by atoms with Crippen LogP contribution in [-0.2, 0) is 0 Å². The van der Waals surface area contributed by atoms with Gasteiger partial charge < -0.3 is 0 Å². The highest BCUT2D eigenvalue weighted by Gasteiger charge is 2.10. The Hall–Kier alpha value is -5.93. The number of rotatable bonds is 3. The summed E-state index contributed by atoms with van der Waals surface area (Å²) in [5.41, 5.74) is 9.08. The molecule has 0 N–H and O–H groups in total. The van der Waals surface area contributed by atoms with Crippen LogP contribution >= 0.6 is 0 Å². The summed E-state index contributed by atoms with van der Waals surface area (Å²) in [6.45, 7) is 0. The quantitative estimate of drug-likeness (QED) is 0.202. The van der Waals surface area contributed by atoms with Gasteiger partial charge in [-0.2, -0.15) is 0 Å². The van der Waals surface area contributed by atoms with Crippen molar-refractivity contribution in [3.05, 3.63) is 152 Å². The first-order valence-corrected chi connectivity index (χ1v) is 14.9. The van der Waals surface area contributed by atoms with Gasteiger partial charge in [-0.05, 0) is 63.7 Å². The van der Waals surface area contributed by atoms with E-state index in [0.717, 1.165) is 71.9 Å². The van der Waals surface area contributed by atoms with Crippen LogP contribution < -0.4 is 0 Å². The van der Waals surface area contributed by atoms with Gasteiger partial charge in [0, 0.05) is 27.1 Å². The Labute approximate surface area is 254 Å². The lowest BCUT2D eigenvalue weighted by Crippen LogP contribution is -1.91. The van der Waals surface area contributed by atoms with Gasteiger partial charge in [0.15, 0.2) is 0 Å². The Balaban J connectivity index is 1.09. The maximum atomic E-state index is 5.08. The Morgan fingerprint density at radius 1 is 0.318 bits per heavy atom. The summed E-state index contributed by atoms with van der Waals surface area (Å²) in [4.78, 5) is 15.2. The molecule has 3 heterocycles. The van der Waals surface area contributed by atoms with Crippen molar-refractivity contribution in [1.29, 1.82) is 0 Å². The Bertz CT molecular complexity index is 2560. The molecule has 0 saturated heterocycles. The van der Waals surface area contributed by atoms with E-state index in [2.05, 4.69) is 152 Å². The Morgan fingerprint density at radius 3 is 1.82 bits per heavy atom. The standard InChI is InChI=1S/C41H25N3/c1-3-9-33-26(6-1)8-5-11-35(33)37-21-19-32-24-30(18-20-36(32)42-37)31-15-13-28-16-22-38(43-40(28)25-31)39-23-17-29-14-12-27-7-2-4-10-34(27)41(29)44-39/h1-25H. The van der Waals surface area contributed by atoms with E-state index in [0.29, 0.717) is 0 Å². The van der Waals surface area contributed by atoms with Crippen LogP contribution in [0.4, 0.5) is 0 Å². The van der Waals surface area contributed by atoms with E-state index in [-0.39, 0.29) is 0 Å². The molecule has 0 atom stereocenters. The zero-order chi connectivity index (χ0) is 29.0. The largest absolute Gasteiger partial charge is 0.248 e. The van der Waals surface area contributed by atoms with E-state index in [1.165, 1.54) is 16.2 Å². The van der Waals surface area contributed by atoms with Gasteiger partial charge in [-0.25, -0.2) is 15.0 Å². The predicted octanol–water partition coefficient (Wildman–Crippen LogP) is 10.6. The SMILES string of the molecule is c1ccc2c(-c3ccc4cc(-c5ccc6ccc(-c7ccc8ccc9ccccc9c8n7)nc6c5)ccc4n3)cccc2c1. The van der Waals surface area contributed by atoms with E-state index in [4.69, 9.17) is 15.0 Å². The fourth-order valence-electron chi connectivity index (χ4n) is 6.34.